The molecule has 1 aromatic carbocycles. The summed E-state index contributed by atoms with van der Waals surface area (Å²) in [5.74, 6) is 1.60. The summed E-state index contributed by atoms with van der Waals surface area (Å²) in [6, 6.07) is 4.29. The first-order valence-electron chi connectivity index (χ1n) is 6.17. The predicted molar refractivity (Wildman–Crippen MR) is 78.1 cm³/mol. The summed E-state index contributed by atoms with van der Waals surface area (Å²) < 4.78 is 37.0. The van der Waals surface area contributed by atoms with E-state index >= 15 is 0 Å². The Morgan fingerprint density at radius 3 is 2.76 bits per heavy atom. The van der Waals surface area contributed by atoms with Crippen LogP contribution >= 0.6 is 11.6 Å². The molecule has 0 amide bonds. The van der Waals surface area contributed by atoms with E-state index in [0.29, 0.717) is 23.8 Å². The minimum Gasteiger partial charge on any atom is -0.495 e. The topological polar surface area (TPSA) is 81.4 Å². The molecule has 0 fully saturated rings. The van der Waals surface area contributed by atoms with Gasteiger partial charge >= 0.3 is 0 Å². The van der Waals surface area contributed by atoms with Crippen LogP contribution in [0.4, 0.5) is 0 Å². The van der Waals surface area contributed by atoms with E-state index in [4.69, 9.17) is 20.8 Å². The van der Waals surface area contributed by atoms with Crippen molar-refractivity contribution in [1.82, 2.24) is 9.71 Å². The molecule has 1 heterocycles. The third kappa shape index (κ3) is 3.96. The van der Waals surface area contributed by atoms with Crippen LogP contribution in [0.5, 0.6) is 5.75 Å². The first-order valence-corrected chi connectivity index (χ1v) is 8.03. The number of aryl methyl sites for hydroxylation is 1. The van der Waals surface area contributed by atoms with E-state index in [-0.39, 0.29) is 16.5 Å². The van der Waals surface area contributed by atoms with Crippen LogP contribution in [-0.2, 0) is 16.4 Å². The van der Waals surface area contributed by atoms with Crippen molar-refractivity contribution in [1.29, 1.82) is 0 Å². The largest absolute Gasteiger partial charge is 0.495 e. The average molecular weight is 331 g/mol. The summed E-state index contributed by atoms with van der Waals surface area (Å²) >= 11 is 5.93. The van der Waals surface area contributed by atoms with E-state index in [1.165, 1.54) is 25.3 Å². The summed E-state index contributed by atoms with van der Waals surface area (Å²) in [4.78, 5) is 4.09. The Hall–Kier alpha value is -1.57. The van der Waals surface area contributed by atoms with Gasteiger partial charge in [0.15, 0.2) is 5.89 Å². The fraction of sp³-hybridized carbons (Fsp3) is 0.308. The molecule has 1 aromatic heterocycles. The van der Waals surface area contributed by atoms with Gasteiger partial charge in [-0.2, -0.15) is 0 Å². The van der Waals surface area contributed by atoms with Crippen molar-refractivity contribution >= 4 is 21.6 Å². The fourth-order valence-electron chi connectivity index (χ4n) is 1.71. The maximum atomic E-state index is 12.1. The van der Waals surface area contributed by atoms with Gasteiger partial charge in [0.25, 0.3) is 0 Å². The molecule has 0 spiro atoms. The highest BCUT2D eigenvalue weighted by atomic mass is 35.5. The van der Waals surface area contributed by atoms with Crippen LogP contribution < -0.4 is 9.46 Å². The molecule has 0 aliphatic rings. The van der Waals surface area contributed by atoms with Gasteiger partial charge in [-0.15, -0.1) is 0 Å². The number of aromatic nitrogens is 1. The zero-order chi connectivity index (χ0) is 15.5. The van der Waals surface area contributed by atoms with Crippen LogP contribution in [0.1, 0.15) is 11.7 Å². The Balaban J connectivity index is 2.02. The van der Waals surface area contributed by atoms with Crippen LogP contribution in [0.2, 0.25) is 5.02 Å². The predicted octanol–water partition coefficient (Wildman–Crippen LogP) is 2.17. The van der Waals surface area contributed by atoms with Gasteiger partial charge in [-0.05, 0) is 25.1 Å². The van der Waals surface area contributed by atoms with Crippen molar-refractivity contribution in [3.05, 3.63) is 41.1 Å². The molecular formula is C13H15ClN2O4S. The van der Waals surface area contributed by atoms with E-state index in [1.54, 1.807) is 13.1 Å². The van der Waals surface area contributed by atoms with Crippen LogP contribution in [0.3, 0.4) is 0 Å². The fourth-order valence-corrected chi connectivity index (χ4v) is 3.09. The molecule has 0 radical (unpaired) electrons. The third-order valence-electron chi connectivity index (χ3n) is 2.73. The van der Waals surface area contributed by atoms with Crippen LogP contribution in [-0.4, -0.2) is 27.1 Å². The van der Waals surface area contributed by atoms with E-state index in [1.807, 2.05) is 0 Å². The minimum atomic E-state index is -3.63. The molecule has 1 N–H and O–H groups in total. The molecular weight excluding hydrogens is 316 g/mol. The zero-order valence-corrected chi connectivity index (χ0v) is 13.2. The zero-order valence-electron chi connectivity index (χ0n) is 11.6. The van der Waals surface area contributed by atoms with Gasteiger partial charge in [0.05, 0.1) is 23.2 Å². The van der Waals surface area contributed by atoms with Crippen LogP contribution in [0, 0.1) is 6.92 Å². The summed E-state index contributed by atoms with van der Waals surface area (Å²) in [5, 5.41) is 0.240. The number of nitrogens with one attached hydrogen (secondary N) is 1. The second-order valence-corrected chi connectivity index (χ2v) is 6.48. The van der Waals surface area contributed by atoms with Gasteiger partial charge in [-0.1, -0.05) is 11.6 Å². The van der Waals surface area contributed by atoms with E-state index in [2.05, 4.69) is 9.71 Å². The molecule has 8 heteroatoms. The molecule has 2 aromatic rings. The van der Waals surface area contributed by atoms with Gasteiger partial charge in [0, 0.05) is 13.0 Å². The van der Waals surface area contributed by atoms with Crippen molar-refractivity contribution in [3.8, 4) is 5.75 Å². The molecule has 114 valence electrons. The maximum Gasteiger partial charge on any atom is 0.240 e. The molecule has 0 aliphatic heterocycles. The summed E-state index contributed by atoms with van der Waals surface area (Å²) in [6.07, 6.45) is 1.96. The lowest BCUT2D eigenvalue weighted by Gasteiger charge is -2.08. The molecule has 0 saturated heterocycles. The highest BCUT2D eigenvalue weighted by Crippen LogP contribution is 2.26. The Morgan fingerprint density at radius 2 is 2.19 bits per heavy atom. The lowest BCUT2D eigenvalue weighted by atomic mass is 10.3. The monoisotopic (exact) mass is 330 g/mol. The van der Waals surface area contributed by atoms with Gasteiger partial charge in [-0.3, -0.25) is 0 Å². The quantitative estimate of drug-likeness (QED) is 0.877. The lowest BCUT2D eigenvalue weighted by molar-refractivity contribution is 0.414. The van der Waals surface area contributed by atoms with Crippen LogP contribution in [0.15, 0.2) is 33.7 Å². The smallest absolute Gasteiger partial charge is 0.240 e. The molecule has 21 heavy (non-hydrogen) atoms. The van der Waals surface area contributed by atoms with Gasteiger partial charge in [0.1, 0.15) is 11.5 Å². The van der Waals surface area contributed by atoms with Crippen molar-refractivity contribution in [2.75, 3.05) is 13.7 Å². The second-order valence-electron chi connectivity index (χ2n) is 4.31. The molecule has 0 bridgehead atoms. The second kappa shape index (κ2) is 6.46. The standard InChI is InChI=1S/C13H15ClN2O4S/c1-9-8-15-13(20-9)5-6-16-21(17,18)10-3-4-12(19-2)11(14)7-10/h3-4,7-8,16H,5-6H2,1-2H3. The number of rotatable bonds is 6. The van der Waals surface area contributed by atoms with Crippen molar-refractivity contribution in [2.24, 2.45) is 0 Å². The molecule has 0 aliphatic carbocycles. The number of hydrogen-bond acceptors (Lipinski definition) is 5. The molecule has 0 unspecified atom stereocenters. The Kier molecular flexibility index (Phi) is 4.87. The number of ether oxygens (including phenoxy) is 1. The van der Waals surface area contributed by atoms with Crippen molar-refractivity contribution < 1.29 is 17.6 Å². The lowest BCUT2D eigenvalue weighted by Crippen LogP contribution is -2.26. The normalized spacial score (nSPS) is 11.6. The molecule has 6 nitrogen and oxygen atoms in total. The van der Waals surface area contributed by atoms with Crippen LogP contribution in [0.25, 0.3) is 0 Å². The number of sulfonamides is 1. The van der Waals surface area contributed by atoms with Crippen molar-refractivity contribution in [2.45, 2.75) is 18.2 Å². The van der Waals surface area contributed by atoms with Crippen molar-refractivity contribution in [3.63, 3.8) is 0 Å². The molecule has 0 saturated carbocycles. The first-order chi connectivity index (χ1) is 9.92. The molecule has 0 atom stereocenters. The number of oxazole rings is 1. The Morgan fingerprint density at radius 1 is 1.43 bits per heavy atom. The number of methoxy groups -OCH3 is 1. The Labute approximate surface area is 128 Å². The molecule has 2 rings (SSSR count). The highest BCUT2D eigenvalue weighted by molar-refractivity contribution is 7.89. The van der Waals surface area contributed by atoms with Gasteiger partial charge < -0.3 is 9.15 Å². The minimum absolute atomic E-state index is 0.0804. The SMILES string of the molecule is COc1ccc(S(=O)(=O)NCCc2ncc(C)o2)cc1Cl. The van der Waals surface area contributed by atoms with Gasteiger partial charge in [0.2, 0.25) is 10.0 Å². The first kappa shape index (κ1) is 15.8. The average Bonchev–Trinajstić information content (AvgIpc) is 2.84. The number of hydrogen-bond donors (Lipinski definition) is 1. The Bertz CT molecular complexity index is 728. The number of benzene rings is 1. The van der Waals surface area contributed by atoms with E-state index < -0.39 is 10.0 Å². The van der Waals surface area contributed by atoms with Gasteiger partial charge in [-0.25, -0.2) is 18.1 Å². The summed E-state index contributed by atoms with van der Waals surface area (Å²) in [7, 11) is -2.17. The van der Waals surface area contributed by atoms with E-state index in [0.717, 1.165) is 0 Å². The van der Waals surface area contributed by atoms with E-state index in [9.17, 15) is 8.42 Å². The number of nitrogens with zero attached hydrogens (tertiary/aromatic N) is 1. The number of halogens is 1. The maximum absolute atomic E-state index is 12.1. The summed E-state index contributed by atoms with van der Waals surface area (Å²) in [5.41, 5.74) is 0. The summed E-state index contributed by atoms with van der Waals surface area (Å²) in [6.45, 7) is 1.96. The third-order valence-corrected chi connectivity index (χ3v) is 4.49. The highest BCUT2D eigenvalue weighted by Gasteiger charge is 2.16.